The van der Waals surface area contributed by atoms with Crippen molar-refractivity contribution >= 4 is 38.0 Å². The van der Waals surface area contributed by atoms with Gasteiger partial charge in [-0.2, -0.15) is 0 Å². The number of methoxy groups -OCH3 is 2. The molecule has 0 aliphatic heterocycles. The first-order valence-electron chi connectivity index (χ1n) is 12.6. The molecule has 0 bridgehead atoms. The molecule has 1 unspecified atom stereocenters. The Balaban J connectivity index is 1.97. The van der Waals surface area contributed by atoms with Gasteiger partial charge in [0.15, 0.2) is 10.0 Å². The normalized spacial score (nSPS) is 12.0. The van der Waals surface area contributed by atoms with Crippen molar-refractivity contribution in [1.82, 2.24) is 15.0 Å². The van der Waals surface area contributed by atoms with Gasteiger partial charge in [0.1, 0.15) is 35.2 Å². The topological polar surface area (TPSA) is 136 Å². The molecule has 4 aromatic rings. The summed E-state index contributed by atoms with van der Waals surface area (Å²) in [5, 5.41) is 12.7. The van der Waals surface area contributed by atoms with Crippen LogP contribution in [0.3, 0.4) is 0 Å². The Morgan fingerprint density at radius 2 is 1.62 bits per heavy atom. The number of hydrogen-bond acceptors (Lipinski definition) is 11. The molecule has 3 heterocycles. The lowest BCUT2D eigenvalue weighted by Gasteiger charge is -2.13. The van der Waals surface area contributed by atoms with Gasteiger partial charge in [-0.05, 0) is 36.2 Å². The number of fused-ring (bicyclic) bond motifs is 1. The molecule has 40 heavy (non-hydrogen) atoms. The Labute approximate surface area is 238 Å². The van der Waals surface area contributed by atoms with Crippen LogP contribution >= 0.6 is 11.3 Å². The van der Waals surface area contributed by atoms with Gasteiger partial charge in [-0.15, -0.1) is 0 Å². The summed E-state index contributed by atoms with van der Waals surface area (Å²) in [6, 6.07) is 8.69. The van der Waals surface area contributed by atoms with Gasteiger partial charge in [0.05, 0.1) is 34.3 Å². The van der Waals surface area contributed by atoms with Gasteiger partial charge < -0.3 is 18.9 Å². The van der Waals surface area contributed by atoms with Gasteiger partial charge in [0.2, 0.25) is 0 Å². The summed E-state index contributed by atoms with van der Waals surface area (Å²) in [5.74, 6) is 1.68. The lowest BCUT2D eigenvalue weighted by Crippen LogP contribution is -2.06. The van der Waals surface area contributed by atoms with E-state index in [1.165, 1.54) is 0 Å². The number of ether oxygens (including phenoxy) is 4. The molecule has 0 N–H and O–H groups in total. The van der Waals surface area contributed by atoms with Crippen LogP contribution < -0.4 is 9.47 Å². The van der Waals surface area contributed by atoms with E-state index in [0.29, 0.717) is 83.0 Å². The third-order valence-electron chi connectivity index (χ3n) is 5.78. The maximum absolute atomic E-state index is 13.2. The smallest absolute Gasteiger partial charge is 0.306 e. The molecular formula is C27H30N4O7S2. The van der Waals surface area contributed by atoms with Crippen molar-refractivity contribution in [3.63, 3.8) is 0 Å². The Morgan fingerprint density at radius 1 is 0.975 bits per heavy atom. The summed E-state index contributed by atoms with van der Waals surface area (Å²) >= 11 is 1.07. The zero-order valence-electron chi connectivity index (χ0n) is 22.5. The van der Waals surface area contributed by atoms with E-state index in [4.69, 9.17) is 18.9 Å². The number of nitrogens with zero attached hydrogens (tertiary/aromatic N) is 4. The quantitative estimate of drug-likeness (QED) is 0.103. The Kier molecular flexibility index (Phi) is 10.5. The fraction of sp³-hybridized carbons (Fsp3) is 0.370. The molecule has 11 nitrogen and oxygen atoms in total. The van der Waals surface area contributed by atoms with Crippen LogP contribution in [0.4, 0.5) is 5.69 Å². The van der Waals surface area contributed by atoms with E-state index < -0.39 is 15.7 Å². The van der Waals surface area contributed by atoms with Crippen LogP contribution in [0, 0.1) is 10.1 Å². The molecule has 0 amide bonds. The van der Waals surface area contributed by atoms with Crippen molar-refractivity contribution in [3.8, 4) is 34.1 Å². The predicted molar refractivity (Wildman–Crippen MR) is 154 cm³/mol. The highest BCUT2D eigenvalue weighted by Gasteiger charge is 2.31. The SMILES string of the molecule is CCCCS(=O)c1sc2nc(-c3ncccn3)cc(-c3cc(OCCOC)cc(OCCOC)c3)c2c1[N+](=O)[O-]. The van der Waals surface area contributed by atoms with Crippen LogP contribution in [-0.2, 0) is 20.3 Å². The van der Waals surface area contributed by atoms with Crippen LogP contribution in [0.25, 0.3) is 32.9 Å². The number of hydrogen-bond donors (Lipinski definition) is 0. The van der Waals surface area contributed by atoms with Crippen LogP contribution in [0.2, 0.25) is 0 Å². The second-order valence-corrected chi connectivity index (χ2v) is 11.3. The van der Waals surface area contributed by atoms with Crippen molar-refractivity contribution < 1.29 is 28.1 Å². The third-order valence-corrected chi connectivity index (χ3v) is 8.72. The third kappa shape index (κ3) is 6.97. The summed E-state index contributed by atoms with van der Waals surface area (Å²) in [6.45, 7) is 3.33. The Hall–Kier alpha value is -3.52. The van der Waals surface area contributed by atoms with Crippen molar-refractivity contribution in [2.24, 2.45) is 0 Å². The van der Waals surface area contributed by atoms with E-state index >= 15 is 0 Å². The number of benzene rings is 1. The first kappa shape index (κ1) is 29.5. The maximum atomic E-state index is 13.2. The molecule has 13 heteroatoms. The van der Waals surface area contributed by atoms with Crippen molar-refractivity contribution in [2.45, 2.75) is 24.0 Å². The molecule has 1 aromatic carbocycles. The van der Waals surface area contributed by atoms with E-state index in [1.54, 1.807) is 56.9 Å². The van der Waals surface area contributed by atoms with Gasteiger partial charge in [-0.25, -0.2) is 15.0 Å². The molecule has 0 spiro atoms. The van der Waals surface area contributed by atoms with Gasteiger partial charge in [0.25, 0.3) is 0 Å². The molecule has 212 valence electrons. The van der Waals surface area contributed by atoms with E-state index in [2.05, 4.69) is 15.0 Å². The summed E-state index contributed by atoms with van der Waals surface area (Å²) in [6.07, 6.45) is 4.71. The lowest BCUT2D eigenvalue weighted by molar-refractivity contribution is -0.385. The largest absolute Gasteiger partial charge is 0.491 e. The highest BCUT2D eigenvalue weighted by Crippen LogP contribution is 2.46. The minimum absolute atomic E-state index is 0.192. The molecule has 3 aromatic heterocycles. The number of unbranched alkanes of at least 4 members (excludes halogenated alkanes) is 1. The lowest BCUT2D eigenvalue weighted by atomic mass is 10.0. The highest BCUT2D eigenvalue weighted by atomic mass is 32.2. The minimum Gasteiger partial charge on any atom is -0.491 e. The second kappa shape index (κ2) is 14.2. The van der Waals surface area contributed by atoms with Crippen LogP contribution in [-0.4, -0.2) is 70.5 Å². The summed E-state index contributed by atoms with van der Waals surface area (Å²) in [4.78, 5) is 25.7. The minimum atomic E-state index is -1.56. The first-order chi connectivity index (χ1) is 19.5. The van der Waals surface area contributed by atoms with E-state index in [0.717, 1.165) is 17.8 Å². The van der Waals surface area contributed by atoms with Gasteiger partial charge in [-0.1, -0.05) is 24.7 Å². The molecule has 0 saturated heterocycles. The summed E-state index contributed by atoms with van der Waals surface area (Å²) < 4.78 is 35.4. The molecule has 0 saturated carbocycles. The van der Waals surface area contributed by atoms with Crippen molar-refractivity contribution in [3.05, 3.63) is 52.8 Å². The van der Waals surface area contributed by atoms with Gasteiger partial charge in [0, 0.05) is 44.0 Å². The van der Waals surface area contributed by atoms with Crippen molar-refractivity contribution in [1.29, 1.82) is 0 Å². The summed E-state index contributed by atoms with van der Waals surface area (Å²) in [5.41, 5.74) is 1.32. The molecule has 1 atom stereocenters. The van der Waals surface area contributed by atoms with Crippen LogP contribution in [0.15, 0.2) is 46.9 Å². The van der Waals surface area contributed by atoms with Crippen molar-refractivity contribution in [2.75, 3.05) is 46.4 Å². The number of nitro groups is 1. The van der Waals surface area contributed by atoms with E-state index in [1.807, 2.05) is 6.92 Å². The Morgan fingerprint density at radius 3 is 2.20 bits per heavy atom. The van der Waals surface area contributed by atoms with Gasteiger partial charge >= 0.3 is 5.69 Å². The molecule has 0 aliphatic rings. The number of thiophene rings is 1. The van der Waals surface area contributed by atoms with E-state index in [-0.39, 0.29) is 9.90 Å². The average molecular weight is 587 g/mol. The molecule has 4 rings (SSSR count). The number of aromatic nitrogens is 3. The predicted octanol–water partition coefficient (Wildman–Crippen LogP) is 5.29. The maximum Gasteiger partial charge on any atom is 0.306 e. The fourth-order valence-electron chi connectivity index (χ4n) is 3.90. The molecular weight excluding hydrogens is 556 g/mol. The number of rotatable bonds is 15. The zero-order valence-corrected chi connectivity index (χ0v) is 24.1. The molecule has 0 radical (unpaired) electrons. The zero-order chi connectivity index (χ0) is 28.5. The Bertz CT molecular complexity index is 1450. The van der Waals surface area contributed by atoms with Crippen LogP contribution in [0.1, 0.15) is 19.8 Å². The fourth-order valence-corrected chi connectivity index (χ4v) is 6.79. The molecule has 0 aliphatic carbocycles. The van der Waals surface area contributed by atoms with Gasteiger partial charge in [-0.3, -0.25) is 14.3 Å². The highest BCUT2D eigenvalue weighted by molar-refractivity contribution is 7.87. The molecule has 0 fully saturated rings. The van der Waals surface area contributed by atoms with E-state index in [9.17, 15) is 14.3 Å². The standard InChI is InChI=1S/C27H30N4O7S2/c1-4-5-13-40(34)27-24(31(32)33)23-21(17-22(30-26(23)39-27)25-28-7-6-8-29-25)18-14-19(37-11-9-35-2)16-20(15-18)38-12-10-36-3/h6-8,14-17H,4-5,9-13H2,1-3H3. The van der Waals surface area contributed by atoms with Crippen LogP contribution in [0.5, 0.6) is 11.5 Å². The monoisotopic (exact) mass is 586 g/mol. The first-order valence-corrected chi connectivity index (χ1v) is 14.8. The average Bonchev–Trinajstić information content (AvgIpc) is 3.36. The second-order valence-electron chi connectivity index (χ2n) is 8.58. The summed E-state index contributed by atoms with van der Waals surface area (Å²) in [7, 11) is 1.61. The number of pyridine rings is 1.